The van der Waals surface area contributed by atoms with Crippen LogP contribution in [0.3, 0.4) is 0 Å². The molecule has 7 nitrogen and oxygen atoms in total. The zero-order valence-corrected chi connectivity index (χ0v) is 15.7. The number of halogens is 1. The number of anilines is 4. The molecule has 0 radical (unpaired) electrons. The van der Waals surface area contributed by atoms with E-state index in [0.717, 1.165) is 21.3 Å². The Bertz CT molecular complexity index is 978. The van der Waals surface area contributed by atoms with Gasteiger partial charge in [0, 0.05) is 15.8 Å². The number of hydrogen-bond donors (Lipinski definition) is 2. The number of aromatic nitrogens is 2. The predicted octanol–water partition coefficient (Wildman–Crippen LogP) is 5.25. The lowest BCUT2D eigenvalue weighted by Gasteiger charge is -2.12. The van der Waals surface area contributed by atoms with Crippen molar-refractivity contribution in [2.45, 2.75) is 13.8 Å². The molecule has 3 aromatic rings. The van der Waals surface area contributed by atoms with E-state index in [1.54, 1.807) is 6.07 Å². The topological polar surface area (TPSA) is 93.0 Å². The second kappa shape index (κ2) is 7.49. The van der Waals surface area contributed by atoms with Gasteiger partial charge in [-0.1, -0.05) is 34.1 Å². The van der Waals surface area contributed by atoms with E-state index in [9.17, 15) is 10.1 Å². The molecule has 2 aromatic carbocycles. The van der Waals surface area contributed by atoms with Crippen LogP contribution in [0.15, 0.2) is 53.3 Å². The van der Waals surface area contributed by atoms with E-state index in [1.807, 2.05) is 50.2 Å². The highest BCUT2D eigenvalue weighted by atomic mass is 79.9. The summed E-state index contributed by atoms with van der Waals surface area (Å²) in [6.45, 7) is 3.93. The Kier molecular flexibility index (Phi) is 5.13. The van der Waals surface area contributed by atoms with Crippen LogP contribution in [0.5, 0.6) is 0 Å². The fourth-order valence-electron chi connectivity index (χ4n) is 2.45. The average molecular weight is 414 g/mol. The summed E-state index contributed by atoms with van der Waals surface area (Å²) < 4.78 is 0.855. The number of hydrogen-bond acceptors (Lipinski definition) is 6. The Hall–Kier alpha value is -3.00. The van der Waals surface area contributed by atoms with Crippen LogP contribution in [-0.4, -0.2) is 14.9 Å². The number of rotatable bonds is 5. The van der Waals surface area contributed by atoms with Crippen molar-refractivity contribution in [3.63, 3.8) is 0 Å². The molecule has 0 aliphatic rings. The highest BCUT2D eigenvalue weighted by Crippen LogP contribution is 2.34. The minimum absolute atomic E-state index is 0.121. The predicted molar refractivity (Wildman–Crippen MR) is 105 cm³/mol. The summed E-state index contributed by atoms with van der Waals surface area (Å²) in [5.74, 6) is 0.257. The highest BCUT2D eigenvalue weighted by molar-refractivity contribution is 9.10. The number of nitro groups is 1. The van der Waals surface area contributed by atoms with Gasteiger partial charge in [-0.15, -0.1) is 0 Å². The smallest absolute Gasteiger partial charge is 0.334 e. The summed E-state index contributed by atoms with van der Waals surface area (Å²) in [6, 6.07) is 13.0. The largest absolute Gasteiger partial charge is 0.353 e. The zero-order chi connectivity index (χ0) is 18.7. The Morgan fingerprint density at radius 3 is 2.42 bits per heavy atom. The van der Waals surface area contributed by atoms with Gasteiger partial charge in [0.05, 0.1) is 4.92 Å². The van der Waals surface area contributed by atoms with Crippen molar-refractivity contribution in [2.75, 3.05) is 10.6 Å². The van der Waals surface area contributed by atoms with Crippen LogP contribution < -0.4 is 10.6 Å². The van der Waals surface area contributed by atoms with Gasteiger partial charge in [0.25, 0.3) is 0 Å². The minimum Gasteiger partial charge on any atom is -0.334 e. The van der Waals surface area contributed by atoms with Crippen molar-refractivity contribution in [1.82, 2.24) is 9.97 Å². The molecule has 0 saturated heterocycles. The van der Waals surface area contributed by atoms with Crippen LogP contribution in [0, 0.1) is 24.0 Å². The SMILES string of the molecule is Cc1cccc(Nc2ncnc(Nc3cccc(Br)c3)c2[N+](=O)[O-])c1C. The van der Waals surface area contributed by atoms with Gasteiger partial charge in [-0.2, -0.15) is 0 Å². The first kappa shape index (κ1) is 17.8. The molecule has 0 unspecified atom stereocenters. The fourth-order valence-corrected chi connectivity index (χ4v) is 2.85. The van der Waals surface area contributed by atoms with Crippen molar-refractivity contribution < 1.29 is 4.92 Å². The van der Waals surface area contributed by atoms with E-state index >= 15 is 0 Å². The zero-order valence-electron chi connectivity index (χ0n) is 14.2. The van der Waals surface area contributed by atoms with Crippen molar-refractivity contribution >= 4 is 44.6 Å². The monoisotopic (exact) mass is 413 g/mol. The fraction of sp³-hybridized carbons (Fsp3) is 0.111. The molecule has 0 bridgehead atoms. The Labute approximate surface area is 158 Å². The van der Waals surface area contributed by atoms with E-state index < -0.39 is 4.92 Å². The van der Waals surface area contributed by atoms with Crippen LogP contribution in [0.1, 0.15) is 11.1 Å². The molecule has 26 heavy (non-hydrogen) atoms. The number of nitrogens with zero attached hydrogens (tertiary/aromatic N) is 3. The van der Waals surface area contributed by atoms with Gasteiger partial charge in [-0.05, 0) is 49.2 Å². The van der Waals surface area contributed by atoms with Gasteiger partial charge in [0.2, 0.25) is 11.6 Å². The maximum atomic E-state index is 11.7. The van der Waals surface area contributed by atoms with Crippen molar-refractivity contribution in [1.29, 1.82) is 0 Å². The molecule has 0 saturated carbocycles. The molecule has 132 valence electrons. The van der Waals surface area contributed by atoms with Crippen LogP contribution in [0.4, 0.5) is 28.7 Å². The molecule has 8 heteroatoms. The first-order valence-electron chi connectivity index (χ1n) is 7.81. The molecule has 0 fully saturated rings. The molecule has 2 N–H and O–H groups in total. The van der Waals surface area contributed by atoms with E-state index in [0.29, 0.717) is 5.69 Å². The van der Waals surface area contributed by atoms with Crippen LogP contribution in [0.2, 0.25) is 0 Å². The van der Waals surface area contributed by atoms with Crippen LogP contribution in [-0.2, 0) is 0 Å². The molecular formula is C18H16BrN5O2. The molecule has 1 heterocycles. The molecule has 0 atom stereocenters. The lowest BCUT2D eigenvalue weighted by atomic mass is 10.1. The highest BCUT2D eigenvalue weighted by Gasteiger charge is 2.23. The van der Waals surface area contributed by atoms with E-state index in [-0.39, 0.29) is 17.3 Å². The van der Waals surface area contributed by atoms with Gasteiger partial charge in [0.15, 0.2) is 0 Å². The van der Waals surface area contributed by atoms with Gasteiger partial charge in [-0.3, -0.25) is 10.1 Å². The standard InChI is InChI=1S/C18H16BrN5O2/c1-11-5-3-8-15(12(11)2)23-18-16(24(25)26)17(20-10-21-18)22-14-7-4-6-13(19)9-14/h3-10H,1-2H3,(H2,20,21,22,23). The molecule has 0 aliphatic heterocycles. The number of benzene rings is 2. The summed E-state index contributed by atoms with van der Waals surface area (Å²) >= 11 is 3.38. The Morgan fingerprint density at radius 1 is 1.04 bits per heavy atom. The van der Waals surface area contributed by atoms with E-state index in [4.69, 9.17) is 0 Å². The quantitative estimate of drug-likeness (QED) is 0.438. The summed E-state index contributed by atoms with van der Waals surface area (Å²) in [7, 11) is 0. The number of nitrogens with one attached hydrogen (secondary N) is 2. The molecular weight excluding hydrogens is 398 g/mol. The average Bonchev–Trinajstić information content (AvgIpc) is 2.59. The van der Waals surface area contributed by atoms with Crippen LogP contribution >= 0.6 is 15.9 Å². The third-order valence-electron chi connectivity index (χ3n) is 3.95. The van der Waals surface area contributed by atoms with Crippen LogP contribution in [0.25, 0.3) is 0 Å². The van der Waals surface area contributed by atoms with Crippen molar-refractivity contribution in [2.24, 2.45) is 0 Å². The van der Waals surface area contributed by atoms with Gasteiger partial charge in [0.1, 0.15) is 6.33 Å². The van der Waals surface area contributed by atoms with E-state index in [1.165, 1.54) is 6.33 Å². The summed E-state index contributed by atoms with van der Waals surface area (Å²) in [6.07, 6.45) is 1.29. The second-order valence-corrected chi connectivity index (χ2v) is 6.60. The van der Waals surface area contributed by atoms with Gasteiger partial charge < -0.3 is 10.6 Å². The molecule has 3 rings (SSSR count). The van der Waals surface area contributed by atoms with Crippen molar-refractivity contribution in [3.05, 3.63) is 74.5 Å². The molecule has 1 aromatic heterocycles. The summed E-state index contributed by atoms with van der Waals surface area (Å²) in [5, 5.41) is 17.7. The van der Waals surface area contributed by atoms with E-state index in [2.05, 4.69) is 36.5 Å². The summed E-state index contributed by atoms with van der Waals surface area (Å²) in [4.78, 5) is 19.3. The molecule has 0 amide bonds. The Balaban J connectivity index is 2.01. The van der Waals surface area contributed by atoms with Gasteiger partial charge in [-0.25, -0.2) is 9.97 Å². The first-order valence-corrected chi connectivity index (χ1v) is 8.60. The summed E-state index contributed by atoms with van der Waals surface area (Å²) in [5.41, 5.74) is 3.31. The molecule has 0 aliphatic carbocycles. The third kappa shape index (κ3) is 3.80. The number of aryl methyl sites for hydroxylation is 1. The minimum atomic E-state index is -0.492. The normalized spacial score (nSPS) is 10.4. The first-order chi connectivity index (χ1) is 12.5. The third-order valence-corrected chi connectivity index (χ3v) is 4.44. The molecule has 0 spiro atoms. The Morgan fingerprint density at radius 2 is 1.73 bits per heavy atom. The maximum Gasteiger partial charge on any atom is 0.353 e. The lowest BCUT2D eigenvalue weighted by molar-refractivity contribution is -0.383. The van der Waals surface area contributed by atoms with Gasteiger partial charge >= 0.3 is 5.69 Å². The second-order valence-electron chi connectivity index (χ2n) is 5.68. The lowest BCUT2D eigenvalue weighted by Crippen LogP contribution is -2.06. The maximum absolute atomic E-state index is 11.7. The van der Waals surface area contributed by atoms with Crippen molar-refractivity contribution in [3.8, 4) is 0 Å².